The normalized spacial score (nSPS) is 26.0. The van der Waals surface area contributed by atoms with Gasteiger partial charge in [0.1, 0.15) is 0 Å². The minimum absolute atomic E-state index is 0.304. The van der Waals surface area contributed by atoms with Crippen molar-refractivity contribution in [3.63, 3.8) is 0 Å². The Kier molecular flexibility index (Phi) is 4.73. The van der Waals surface area contributed by atoms with E-state index in [4.69, 9.17) is 0 Å². The van der Waals surface area contributed by atoms with Crippen molar-refractivity contribution in [1.29, 1.82) is 0 Å². The van der Waals surface area contributed by atoms with E-state index >= 15 is 0 Å². The third-order valence-corrected chi connectivity index (χ3v) is 3.05. The molecule has 0 saturated heterocycles. The molecule has 1 rings (SSSR count). The molecule has 0 aromatic heterocycles. The number of halogens is 4. The minimum Gasteiger partial charge on any atom is -0.348 e. The fraction of sp³-hybridized carbons (Fsp3) is 0.900. The van der Waals surface area contributed by atoms with Gasteiger partial charge in [0.05, 0.1) is 0 Å². The predicted molar refractivity (Wildman–Crippen MR) is 54.2 cm³/mol. The first kappa shape index (κ1) is 14.2. The fourth-order valence-electron chi connectivity index (χ4n) is 1.91. The third kappa shape index (κ3) is 3.55. The van der Waals surface area contributed by atoms with Gasteiger partial charge in [-0.15, -0.1) is 0 Å². The Labute approximate surface area is 96.9 Å². The smallest absolute Gasteiger partial charge is 0.348 e. The molecule has 0 bridgehead atoms. The van der Waals surface area contributed by atoms with Gasteiger partial charge in [0.15, 0.2) is 0 Å². The predicted octanol–water partition coefficient (Wildman–Crippen LogP) is 1.53. The Hall–Kier alpha value is -0.850. The molecular formula is C10H16F4N2O. The van der Waals surface area contributed by atoms with Crippen molar-refractivity contribution in [2.24, 2.45) is 0 Å². The van der Waals surface area contributed by atoms with Crippen molar-refractivity contribution in [3.8, 4) is 0 Å². The monoisotopic (exact) mass is 256 g/mol. The maximum Gasteiger partial charge on any atom is 0.383 e. The highest BCUT2D eigenvalue weighted by Gasteiger charge is 2.49. The lowest BCUT2D eigenvalue weighted by Crippen LogP contribution is -2.50. The number of alkyl halides is 4. The van der Waals surface area contributed by atoms with Crippen LogP contribution in [0.5, 0.6) is 0 Å². The SMILES string of the molecule is CNC1CCC(NC(=O)C(F)(F)C(F)F)CC1. The summed E-state index contributed by atoms with van der Waals surface area (Å²) in [6.07, 6.45) is -1.44. The Morgan fingerprint density at radius 3 is 2.06 bits per heavy atom. The van der Waals surface area contributed by atoms with Crippen LogP contribution in [-0.4, -0.2) is 37.4 Å². The van der Waals surface area contributed by atoms with Crippen LogP contribution in [-0.2, 0) is 4.79 Å². The van der Waals surface area contributed by atoms with E-state index in [1.54, 1.807) is 7.05 Å². The summed E-state index contributed by atoms with van der Waals surface area (Å²) in [5.74, 6) is -6.47. The third-order valence-electron chi connectivity index (χ3n) is 3.05. The van der Waals surface area contributed by atoms with E-state index in [1.165, 1.54) is 0 Å². The summed E-state index contributed by atoms with van der Waals surface area (Å²) < 4.78 is 49.2. The number of hydrogen-bond acceptors (Lipinski definition) is 2. The summed E-state index contributed by atoms with van der Waals surface area (Å²) >= 11 is 0. The molecule has 100 valence electrons. The molecular weight excluding hydrogens is 240 g/mol. The maximum absolute atomic E-state index is 12.7. The number of carbonyl (C=O) groups excluding carboxylic acids is 1. The Morgan fingerprint density at radius 1 is 1.18 bits per heavy atom. The van der Waals surface area contributed by atoms with E-state index in [-0.39, 0.29) is 0 Å². The second-order valence-corrected chi connectivity index (χ2v) is 4.23. The summed E-state index contributed by atoms with van der Waals surface area (Å²) in [7, 11) is 1.80. The lowest BCUT2D eigenvalue weighted by atomic mass is 9.91. The van der Waals surface area contributed by atoms with Gasteiger partial charge in [0, 0.05) is 12.1 Å². The van der Waals surface area contributed by atoms with Crippen molar-refractivity contribution in [1.82, 2.24) is 10.6 Å². The van der Waals surface area contributed by atoms with Crippen LogP contribution in [0.1, 0.15) is 25.7 Å². The molecule has 1 aliphatic carbocycles. The number of carbonyl (C=O) groups is 1. The largest absolute Gasteiger partial charge is 0.383 e. The van der Waals surface area contributed by atoms with Crippen LogP contribution >= 0.6 is 0 Å². The number of rotatable bonds is 4. The molecule has 0 aromatic carbocycles. The summed E-state index contributed by atoms with van der Waals surface area (Å²) in [6.45, 7) is 0. The molecule has 1 aliphatic rings. The molecule has 3 nitrogen and oxygen atoms in total. The Balaban J connectivity index is 2.43. The number of hydrogen-bond donors (Lipinski definition) is 2. The van der Waals surface area contributed by atoms with Crippen molar-refractivity contribution < 1.29 is 22.4 Å². The molecule has 17 heavy (non-hydrogen) atoms. The standard InChI is InChI=1S/C10H16F4N2O/c1-15-6-2-4-7(5-3-6)16-9(17)10(13,14)8(11)12/h6-8,15H,2-5H2,1H3,(H,16,17). The van der Waals surface area contributed by atoms with Gasteiger partial charge in [-0.25, -0.2) is 8.78 Å². The van der Waals surface area contributed by atoms with Crippen molar-refractivity contribution in [2.75, 3.05) is 7.05 Å². The zero-order valence-corrected chi connectivity index (χ0v) is 9.48. The summed E-state index contributed by atoms with van der Waals surface area (Å²) in [4.78, 5) is 11.0. The average molecular weight is 256 g/mol. The van der Waals surface area contributed by atoms with Crippen LogP contribution < -0.4 is 10.6 Å². The molecule has 0 spiro atoms. The molecule has 0 aliphatic heterocycles. The van der Waals surface area contributed by atoms with E-state index in [0.717, 1.165) is 12.8 Å². The Bertz CT molecular complexity index is 265. The second-order valence-electron chi connectivity index (χ2n) is 4.23. The highest BCUT2D eigenvalue weighted by atomic mass is 19.3. The second kappa shape index (κ2) is 5.66. The quantitative estimate of drug-likeness (QED) is 0.749. The highest BCUT2D eigenvalue weighted by Crippen LogP contribution is 2.25. The van der Waals surface area contributed by atoms with Gasteiger partial charge in [-0.3, -0.25) is 4.79 Å². The number of nitrogens with one attached hydrogen (secondary N) is 2. The van der Waals surface area contributed by atoms with Crippen LogP contribution in [0.4, 0.5) is 17.6 Å². The first-order valence-corrected chi connectivity index (χ1v) is 5.52. The molecule has 0 radical (unpaired) electrons. The molecule has 1 fully saturated rings. The Morgan fingerprint density at radius 2 is 1.65 bits per heavy atom. The zero-order chi connectivity index (χ0) is 13.1. The molecule has 1 saturated carbocycles. The zero-order valence-electron chi connectivity index (χ0n) is 9.48. The van der Waals surface area contributed by atoms with Gasteiger partial charge < -0.3 is 10.6 Å². The molecule has 0 unspecified atom stereocenters. The van der Waals surface area contributed by atoms with Crippen molar-refractivity contribution in [3.05, 3.63) is 0 Å². The van der Waals surface area contributed by atoms with E-state index in [9.17, 15) is 22.4 Å². The lowest BCUT2D eigenvalue weighted by molar-refractivity contribution is -0.170. The molecule has 0 heterocycles. The van der Waals surface area contributed by atoms with Gasteiger partial charge in [-0.2, -0.15) is 8.78 Å². The fourth-order valence-corrected chi connectivity index (χ4v) is 1.91. The maximum atomic E-state index is 12.7. The van der Waals surface area contributed by atoms with Gasteiger partial charge in [0.2, 0.25) is 0 Å². The van der Waals surface area contributed by atoms with E-state index in [0.29, 0.717) is 18.9 Å². The van der Waals surface area contributed by atoms with E-state index < -0.39 is 24.3 Å². The molecule has 2 N–H and O–H groups in total. The molecule has 0 atom stereocenters. The summed E-state index contributed by atoms with van der Waals surface area (Å²) in [6, 6.07) is -0.129. The van der Waals surface area contributed by atoms with Crippen LogP contribution in [0.25, 0.3) is 0 Å². The van der Waals surface area contributed by atoms with Crippen LogP contribution in [0.2, 0.25) is 0 Å². The molecule has 0 aromatic rings. The average Bonchev–Trinajstić information content (AvgIpc) is 2.29. The minimum atomic E-state index is -4.60. The van der Waals surface area contributed by atoms with Gasteiger partial charge in [-0.05, 0) is 32.7 Å². The van der Waals surface area contributed by atoms with Crippen LogP contribution in [0, 0.1) is 0 Å². The van der Waals surface area contributed by atoms with Crippen molar-refractivity contribution >= 4 is 5.91 Å². The molecule has 7 heteroatoms. The van der Waals surface area contributed by atoms with Crippen molar-refractivity contribution in [2.45, 2.75) is 50.1 Å². The summed E-state index contributed by atoms with van der Waals surface area (Å²) in [5.41, 5.74) is 0. The summed E-state index contributed by atoms with van der Waals surface area (Å²) in [5, 5.41) is 5.03. The molecule has 1 amide bonds. The number of amides is 1. The van der Waals surface area contributed by atoms with Crippen LogP contribution in [0.15, 0.2) is 0 Å². The van der Waals surface area contributed by atoms with E-state index in [2.05, 4.69) is 5.32 Å². The van der Waals surface area contributed by atoms with Gasteiger partial charge in [0.25, 0.3) is 5.91 Å². The topological polar surface area (TPSA) is 41.1 Å². The highest BCUT2D eigenvalue weighted by molar-refractivity contribution is 5.84. The van der Waals surface area contributed by atoms with Gasteiger partial charge in [-0.1, -0.05) is 0 Å². The van der Waals surface area contributed by atoms with E-state index in [1.807, 2.05) is 5.32 Å². The lowest BCUT2D eigenvalue weighted by Gasteiger charge is -2.29. The first-order chi connectivity index (χ1) is 7.87. The van der Waals surface area contributed by atoms with Gasteiger partial charge >= 0.3 is 12.3 Å². The van der Waals surface area contributed by atoms with Crippen LogP contribution in [0.3, 0.4) is 0 Å². The first-order valence-electron chi connectivity index (χ1n) is 5.52.